The van der Waals surface area contributed by atoms with Gasteiger partial charge >= 0.3 is 0 Å². The van der Waals surface area contributed by atoms with Crippen LogP contribution in [0.2, 0.25) is 0 Å². The van der Waals surface area contributed by atoms with Crippen molar-refractivity contribution < 1.29 is 19.0 Å². The monoisotopic (exact) mass is 429 g/mol. The van der Waals surface area contributed by atoms with E-state index in [1.165, 1.54) is 5.56 Å². The number of carbonyl (C=O) groups excluding carboxylic acids is 1. The average Bonchev–Trinajstić information content (AvgIpc) is 3.30. The lowest BCUT2D eigenvalue weighted by atomic mass is 10.0. The number of rotatable bonds is 7. The first-order valence-corrected chi connectivity index (χ1v) is 11.0. The molecule has 2 aliphatic heterocycles. The molecule has 1 aromatic carbocycles. The Morgan fingerprint density at radius 3 is 2.84 bits per heavy atom. The van der Waals surface area contributed by atoms with Gasteiger partial charge in [0.2, 0.25) is 0 Å². The highest BCUT2D eigenvalue weighted by molar-refractivity contribution is 5.92. The number of likely N-dealkylation sites (tertiary alicyclic amines) is 1. The highest BCUT2D eigenvalue weighted by Gasteiger charge is 2.26. The second kappa shape index (κ2) is 10.1. The van der Waals surface area contributed by atoms with Gasteiger partial charge in [-0.2, -0.15) is 0 Å². The average molecular weight is 430 g/mol. The van der Waals surface area contributed by atoms with Crippen LogP contribution in [0.5, 0.6) is 11.5 Å². The molecule has 0 saturated carbocycles. The van der Waals surface area contributed by atoms with Crippen molar-refractivity contribution in [3.8, 4) is 11.5 Å². The number of nitrogens with zero attached hydrogens (tertiary/aromatic N) is 5. The number of piperidine rings is 1. The fraction of sp³-hybridized carbons (Fsp3) is 0.591. The molecule has 1 atom stereocenters. The van der Waals surface area contributed by atoms with Crippen LogP contribution in [0.1, 0.15) is 41.9 Å². The third-order valence-corrected chi connectivity index (χ3v) is 5.82. The molecule has 4 rings (SSSR count). The number of carbonyl (C=O) groups is 1. The quantitative estimate of drug-likeness (QED) is 0.666. The van der Waals surface area contributed by atoms with Crippen molar-refractivity contribution in [3.05, 3.63) is 35.7 Å². The van der Waals surface area contributed by atoms with Crippen LogP contribution in [0.25, 0.3) is 0 Å². The summed E-state index contributed by atoms with van der Waals surface area (Å²) in [6, 6.07) is 6.31. The van der Waals surface area contributed by atoms with E-state index in [1.54, 1.807) is 18.2 Å². The Kier molecular flexibility index (Phi) is 7.03. The Labute approximate surface area is 182 Å². The van der Waals surface area contributed by atoms with Gasteiger partial charge in [0.15, 0.2) is 17.2 Å². The Morgan fingerprint density at radius 1 is 1.23 bits per heavy atom. The molecule has 3 heterocycles. The van der Waals surface area contributed by atoms with Crippen LogP contribution in [0.15, 0.2) is 24.4 Å². The lowest BCUT2D eigenvalue weighted by molar-refractivity contribution is 0.0299. The molecule has 2 fully saturated rings. The van der Waals surface area contributed by atoms with Gasteiger partial charge in [0.1, 0.15) is 0 Å². The normalized spacial score (nSPS) is 19.9. The topological polar surface area (TPSA) is 82.0 Å². The summed E-state index contributed by atoms with van der Waals surface area (Å²) in [4.78, 5) is 16.9. The highest BCUT2D eigenvalue weighted by Crippen LogP contribution is 2.29. The molecule has 2 saturated heterocycles. The van der Waals surface area contributed by atoms with Crippen molar-refractivity contribution in [2.45, 2.75) is 32.4 Å². The third kappa shape index (κ3) is 5.16. The predicted molar refractivity (Wildman–Crippen MR) is 114 cm³/mol. The molecular formula is C22H31N5O4. The predicted octanol–water partition coefficient (Wildman–Crippen LogP) is 1.99. The molecule has 0 aliphatic carbocycles. The minimum absolute atomic E-state index is 0.0658. The summed E-state index contributed by atoms with van der Waals surface area (Å²) in [5, 5.41) is 8.44. The Morgan fingerprint density at radius 2 is 2.06 bits per heavy atom. The van der Waals surface area contributed by atoms with E-state index >= 15 is 0 Å². The molecule has 168 valence electrons. The maximum atomic E-state index is 12.7. The van der Waals surface area contributed by atoms with Gasteiger partial charge < -0.3 is 19.1 Å². The molecule has 0 N–H and O–H groups in total. The van der Waals surface area contributed by atoms with E-state index in [1.807, 2.05) is 17.7 Å². The molecule has 1 aromatic heterocycles. The van der Waals surface area contributed by atoms with E-state index in [0.717, 1.165) is 44.0 Å². The van der Waals surface area contributed by atoms with Crippen LogP contribution in [0, 0.1) is 0 Å². The molecule has 1 amide bonds. The Bertz CT molecular complexity index is 881. The number of benzene rings is 1. The molecule has 0 bridgehead atoms. The summed E-state index contributed by atoms with van der Waals surface area (Å²) >= 11 is 0. The van der Waals surface area contributed by atoms with Crippen LogP contribution in [0.4, 0.5) is 0 Å². The number of hydrogen-bond donors (Lipinski definition) is 0. The zero-order valence-corrected chi connectivity index (χ0v) is 18.3. The van der Waals surface area contributed by atoms with Crippen molar-refractivity contribution in [1.29, 1.82) is 0 Å². The minimum Gasteiger partial charge on any atom is -0.493 e. The van der Waals surface area contributed by atoms with E-state index < -0.39 is 0 Å². The van der Waals surface area contributed by atoms with Crippen molar-refractivity contribution in [3.63, 3.8) is 0 Å². The van der Waals surface area contributed by atoms with E-state index in [0.29, 0.717) is 38.6 Å². The summed E-state index contributed by atoms with van der Waals surface area (Å²) in [6.45, 7) is 7.66. The largest absolute Gasteiger partial charge is 0.493 e. The summed E-state index contributed by atoms with van der Waals surface area (Å²) < 4.78 is 18.3. The lowest BCUT2D eigenvalue weighted by Gasteiger charge is -2.32. The molecule has 31 heavy (non-hydrogen) atoms. The van der Waals surface area contributed by atoms with Crippen molar-refractivity contribution in [2.24, 2.45) is 0 Å². The van der Waals surface area contributed by atoms with Crippen molar-refractivity contribution >= 4 is 5.91 Å². The van der Waals surface area contributed by atoms with Gasteiger partial charge in [-0.25, -0.2) is 4.68 Å². The first-order chi connectivity index (χ1) is 15.2. The standard InChI is InChI=1S/C22H31N5O4/c1-3-31-21-13-17(6-7-20(21)29-2)14-25-8-4-5-18(15-25)27-16-19(23-24-27)22(28)26-9-11-30-12-10-26/h6-7,13,16,18H,3-5,8-12,14-15H2,1-2H3. The van der Waals surface area contributed by atoms with Crippen LogP contribution in [-0.4, -0.2) is 83.8 Å². The summed E-state index contributed by atoms with van der Waals surface area (Å²) in [5.74, 6) is 1.46. The number of amides is 1. The fourth-order valence-electron chi connectivity index (χ4n) is 4.22. The third-order valence-electron chi connectivity index (χ3n) is 5.82. The van der Waals surface area contributed by atoms with E-state index in [9.17, 15) is 4.79 Å². The number of morpholine rings is 1. The van der Waals surface area contributed by atoms with Gasteiger partial charge in [-0.05, 0) is 44.0 Å². The fourth-order valence-corrected chi connectivity index (χ4v) is 4.22. The molecule has 0 radical (unpaired) electrons. The summed E-state index contributed by atoms with van der Waals surface area (Å²) in [7, 11) is 1.66. The van der Waals surface area contributed by atoms with E-state index in [-0.39, 0.29) is 11.9 Å². The Balaban J connectivity index is 1.39. The molecule has 2 aromatic rings. The maximum Gasteiger partial charge on any atom is 0.276 e. The minimum atomic E-state index is -0.0658. The van der Waals surface area contributed by atoms with Crippen LogP contribution in [-0.2, 0) is 11.3 Å². The van der Waals surface area contributed by atoms with Crippen LogP contribution >= 0.6 is 0 Å². The maximum absolute atomic E-state index is 12.7. The lowest BCUT2D eigenvalue weighted by Crippen LogP contribution is -2.40. The van der Waals surface area contributed by atoms with E-state index in [2.05, 4.69) is 27.3 Å². The van der Waals surface area contributed by atoms with E-state index in [4.69, 9.17) is 14.2 Å². The molecule has 9 heteroatoms. The number of aromatic nitrogens is 3. The van der Waals surface area contributed by atoms with Crippen molar-refractivity contribution in [1.82, 2.24) is 24.8 Å². The highest BCUT2D eigenvalue weighted by atomic mass is 16.5. The van der Waals surface area contributed by atoms with Gasteiger partial charge in [-0.15, -0.1) is 5.10 Å². The summed E-state index contributed by atoms with van der Waals surface area (Å²) in [6.07, 6.45) is 3.90. The zero-order chi connectivity index (χ0) is 21.6. The van der Waals surface area contributed by atoms with Crippen LogP contribution < -0.4 is 9.47 Å². The smallest absolute Gasteiger partial charge is 0.276 e. The van der Waals surface area contributed by atoms with Crippen LogP contribution in [0.3, 0.4) is 0 Å². The SMILES string of the molecule is CCOc1cc(CN2CCCC(n3cc(C(=O)N4CCOCC4)nn3)C2)ccc1OC. The summed E-state index contributed by atoms with van der Waals surface area (Å²) in [5.41, 5.74) is 1.60. The molecule has 0 spiro atoms. The molecule has 2 aliphatic rings. The molecule has 9 nitrogen and oxygen atoms in total. The second-order valence-corrected chi connectivity index (χ2v) is 7.94. The van der Waals surface area contributed by atoms with Gasteiger partial charge in [0.25, 0.3) is 5.91 Å². The number of ether oxygens (including phenoxy) is 3. The first-order valence-electron chi connectivity index (χ1n) is 11.0. The van der Waals surface area contributed by atoms with Gasteiger partial charge in [-0.3, -0.25) is 9.69 Å². The second-order valence-electron chi connectivity index (χ2n) is 7.94. The van der Waals surface area contributed by atoms with Crippen molar-refractivity contribution in [2.75, 3.05) is 53.1 Å². The van der Waals surface area contributed by atoms with Gasteiger partial charge in [0, 0.05) is 26.2 Å². The number of hydrogen-bond acceptors (Lipinski definition) is 7. The first kappa shape index (κ1) is 21.6. The molecule has 1 unspecified atom stereocenters. The molecular weight excluding hydrogens is 398 g/mol. The Hall–Kier alpha value is -2.65. The van der Waals surface area contributed by atoms with Gasteiger partial charge in [0.05, 0.1) is 39.2 Å². The zero-order valence-electron chi connectivity index (χ0n) is 18.3. The van der Waals surface area contributed by atoms with Gasteiger partial charge in [-0.1, -0.05) is 11.3 Å². The number of methoxy groups -OCH3 is 1.